The molecular weight excluding hydrogens is 236 g/mol. The summed E-state index contributed by atoms with van der Waals surface area (Å²) in [4.78, 5) is 9.40. The Kier molecular flexibility index (Phi) is 3.70. The van der Waals surface area contributed by atoms with Crippen molar-refractivity contribution in [3.05, 3.63) is 0 Å². The fraction of sp³-hybridized carbons (Fsp3) is 0.933. The Morgan fingerprint density at radius 1 is 1.32 bits per heavy atom. The highest BCUT2D eigenvalue weighted by Crippen LogP contribution is 2.47. The number of nitrogens with zero attached hydrogens (tertiary/aromatic N) is 3. The molecular formula is C15H28N4. The van der Waals surface area contributed by atoms with Gasteiger partial charge in [0.15, 0.2) is 5.96 Å². The quantitative estimate of drug-likeness (QED) is 0.604. The molecule has 4 heteroatoms. The van der Waals surface area contributed by atoms with Crippen LogP contribution in [-0.2, 0) is 0 Å². The Morgan fingerprint density at radius 2 is 2.16 bits per heavy atom. The smallest absolute Gasteiger partial charge is 0.193 e. The lowest BCUT2D eigenvalue weighted by atomic mass is 9.68. The van der Waals surface area contributed by atoms with E-state index >= 15 is 0 Å². The molecule has 1 unspecified atom stereocenters. The summed E-state index contributed by atoms with van der Waals surface area (Å²) in [7, 11) is 4.14. The van der Waals surface area contributed by atoms with E-state index in [-0.39, 0.29) is 0 Å². The molecule has 0 radical (unpaired) electrons. The van der Waals surface area contributed by atoms with Crippen molar-refractivity contribution in [3.8, 4) is 0 Å². The Balaban J connectivity index is 1.48. The molecule has 1 saturated carbocycles. The average molecular weight is 264 g/mol. The van der Waals surface area contributed by atoms with E-state index in [2.05, 4.69) is 27.2 Å². The zero-order valence-electron chi connectivity index (χ0n) is 12.5. The second kappa shape index (κ2) is 5.31. The van der Waals surface area contributed by atoms with Gasteiger partial charge in [0.2, 0.25) is 0 Å². The average Bonchev–Trinajstić information content (AvgIpc) is 2.96. The topological polar surface area (TPSA) is 30.9 Å². The summed E-state index contributed by atoms with van der Waals surface area (Å²) in [5.41, 5.74) is 0.658. The molecule has 1 N–H and O–H groups in total. The van der Waals surface area contributed by atoms with Crippen LogP contribution >= 0.6 is 0 Å². The van der Waals surface area contributed by atoms with Crippen LogP contribution in [0.25, 0.3) is 0 Å². The van der Waals surface area contributed by atoms with Gasteiger partial charge >= 0.3 is 0 Å². The van der Waals surface area contributed by atoms with E-state index in [4.69, 9.17) is 0 Å². The lowest BCUT2D eigenvalue weighted by Gasteiger charge is -2.38. The van der Waals surface area contributed by atoms with Crippen molar-refractivity contribution in [2.24, 2.45) is 16.3 Å². The molecule has 2 aliphatic heterocycles. The molecule has 4 nitrogen and oxygen atoms in total. The van der Waals surface area contributed by atoms with E-state index < -0.39 is 0 Å². The minimum Gasteiger partial charge on any atom is -0.356 e. The molecule has 1 spiro atoms. The Morgan fingerprint density at radius 3 is 2.68 bits per heavy atom. The van der Waals surface area contributed by atoms with Gasteiger partial charge in [-0.3, -0.25) is 4.99 Å². The number of rotatable bonds is 2. The van der Waals surface area contributed by atoms with Crippen LogP contribution in [0, 0.1) is 11.3 Å². The van der Waals surface area contributed by atoms with Crippen molar-refractivity contribution >= 4 is 5.96 Å². The minimum absolute atomic E-state index is 0.658. The SMILES string of the molecule is CN=C(NCC1CCN(C)C1)N1CCC2(CCC2)C1. The van der Waals surface area contributed by atoms with Gasteiger partial charge in [0, 0.05) is 33.2 Å². The van der Waals surface area contributed by atoms with Crippen LogP contribution in [0.4, 0.5) is 0 Å². The normalized spacial score (nSPS) is 30.9. The predicted octanol–water partition coefficient (Wildman–Crippen LogP) is 1.39. The molecule has 3 fully saturated rings. The van der Waals surface area contributed by atoms with Crippen molar-refractivity contribution in [2.75, 3.05) is 46.8 Å². The first-order chi connectivity index (χ1) is 9.21. The Labute approximate surface area is 117 Å². The second-order valence-electron chi connectivity index (χ2n) is 6.87. The highest BCUT2D eigenvalue weighted by molar-refractivity contribution is 5.80. The van der Waals surface area contributed by atoms with Crippen molar-refractivity contribution < 1.29 is 0 Å². The molecule has 3 aliphatic rings. The molecule has 0 aromatic heterocycles. The molecule has 2 heterocycles. The van der Waals surface area contributed by atoms with Crippen LogP contribution in [0.2, 0.25) is 0 Å². The monoisotopic (exact) mass is 264 g/mol. The van der Waals surface area contributed by atoms with E-state index in [0.717, 1.165) is 18.4 Å². The fourth-order valence-electron chi connectivity index (χ4n) is 3.96. The van der Waals surface area contributed by atoms with E-state index in [1.54, 1.807) is 0 Å². The van der Waals surface area contributed by atoms with E-state index in [9.17, 15) is 0 Å². The van der Waals surface area contributed by atoms with Gasteiger partial charge in [-0.1, -0.05) is 6.42 Å². The van der Waals surface area contributed by atoms with Gasteiger partial charge in [-0.05, 0) is 50.6 Å². The van der Waals surface area contributed by atoms with E-state index in [1.807, 2.05) is 7.05 Å². The molecule has 0 amide bonds. The maximum Gasteiger partial charge on any atom is 0.193 e. The van der Waals surface area contributed by atoms with Crippen LogP contribution < -0.4 is 5.32 Å². The molecule has 108 valence electrons. The van der Waals surface area contributed by atoms with Crippen molar-refractivity contribution in [3.63, 3.8) is 0 Å². The van der Waals surface area contributed by atoms with Crippen LogP contribution in [0.5, 0.6) is 0 Å². The van der Waals surface area contributed by atoms with E-state index in [1.165, 1.54) is 58.3 Å². The first-order valence-corrected chi connectivity index (χ1v) is 7.85. The van der Waals surface area contributed by atoms with Gasteiger partial charge in [0.1, 0.15) is 0 Å². The number of aliphatic imine (C=N–C) groups is 1. The lowest BCUT2D eigenvalue weighted by Crippen LogP contribution is -2.44. The third-order valence-corrected chi connectivity index (χ3v) is 5.40. The van der Waals surface area contributed by atoms with Crippen molar-refractivity contribution in [1.82, 2.24) is 15.1 Å². The first-order valence-electron chi connectivity index (χ1n) is 7.85. The third-order valence-electron chi connectivity index (χ3n) is 5.40. The van der Waals surface area contributed by atoms with Crippen molar-refractivity contribution in [2.45, 2.75) is 32.1 Å². The largest absolute Gasteiger partial charge is 0.356 e. The number of likely N-dealkylation sites (tertiary alicyclic amines) is 2. The maximum absolute atomic E-state index is 4.49. The van der Waals surface area contributed by atoms with E-state index in [0.29, 0.717) is 5.41 Å². The molecule has 1 atom stereocenters. The molecule has 2 saturated heterocycles. The third kappa shape index (κ3) is 2.73. The van der Waals surface area contributed by atoms with Gasteiger partial charge in [0.25, 0.3) is 0 Å². The van der Waals surface area contributed by atoms with Gasteiger partial charge in [-0.25, -0.2) is 0 Å². The standard InChI is InChI=1S/C15H28N4/c1-16-14(17-10-13-4-8-18(2)11-13)19-9-7-15(12-19)5-3-6-15/h13H,3-12H2,1-2H3,(H,16,17). The zero-order valence-corrected chi connectivity index (χ0v) is 12.5. The molecule has 0 aromatic carbocycles. The minimum atomic E-state index is 0.658. The lowest BCUT2D eigenvalue weighted by molar-refractivity contribution is 0.151. The molecule has 0 bridgehead atoms. The summed E-state index contributed by atoms with van der Waals surface area (Å²) in [6.07, 6.45) is 7.01. The summed E-state index contributed by atoms with van der Waals surface area (Å²) in [5.74, 6) is 1.93. The van der Waals surface area contributed by atoms with Gasteiger partial charge in [-0.15, -0.1) is 0 Å². The summed E-state index contributed by atoms with van der Waals surface area (Å²) < 4.78 is 0. The fourth-order valence-corrected chi connectivity index (χ4v) is 3.96. The summed E-state index contributed by atoms with van der Waals surface area (Å²) >= 11 is 0. The molecule has 0 aromatic rings. The number of nitrogens with one attached hydrogen (secondary N) is 1. The summed E-state index contributed by atoms with van der Waals surface area (Å²) in [5, 5.41) is 3.61. The van der Waals surface area contributed by atoms with Gasteiger partial charge in [0.05, 0.1) is 0 Å². The number of hydrogen-bond acceptors (Lipinski definition) is 2. The van der Waals surface area contributed by atoms with Crippen LogP contribution in [-0.4, -0.2) is 62.6 Å². The highest BCUT2D eigenvalue weighted by Gasteiger charge is 2.43. The number of guanidine groups is 1. The Hall–Kier alpha value is -0.770. The highest BCUT2D eigenvalue weighted by atomic mass is 15.3. The number of hydrogen-bond donors (Lipinski definition) is 1. The molecule has 19 heavy (non-hydrogen) atoms. The second-order valence-corrected chi connectivity index (χ2v) is 6.87. The molecule has 3 rings (SSSR count). The van der Waals surface area contributed by atoms with Crippen LogP contribution in [0.1, 0.15) is 32.1 Å². The van der Waals surface area contributed by atoms with Crippen LogP contribution in [0.15, 0.2) is 4.99 Å². The summed E-state index contributed by atoms with van der Waals surface area (Å²) in [6, 6.07) is 0. The van der Waals surface area contributed by atoms with Crippen molar-refractivity contribution in [1.29, 1.82) is 0 Å². The van der Waals surface area contributed by atoms with Gasteiger partial charge < -0.3 is 15.1 Å². The zero-order chi connectivity index (χ0) is 13.3. The van der Waals surface area contributed by atoms with Gasteiger partial charge in [-0.2, -0.15) is 0 Å². The molecule has 1 aliphatic carbocycles. The maximum atomic E-state index is 4.49. The predicted molar refractivity (Wildman–Crippen MR) is 79.4 cm³/mol. The first kappa shape index (κ1) is 13.2. The van der Waals surface area contributed by atoms with Crippen LogP contribution in [0.3, 0.4) is 0 Å². The Bertz CT molecular complexity index is 348. The summed E-state index contributed by atoms with van der Waals surface area (Å²) in [6.45, 7) is 5.99.